The highest BCUT2D eigenvalue weighted by molar-refractivity contribution is 5.09. The second kappa shape index (κ2) is 4.97. The van der Waals surface area contributed by atoms with Gasteiger partial charge in [0.2, 0.25) is 0 Å². The second-order valence-electron chi connectivity index (χ2n) is 4.61. The van der Waals surface area contributed by atoms with E-state index in [1.807, 2.05) is 16.9 Å². The summed E-state index contributed by atoms with van der Waals surface area (Å²) in [4.78, 5) is 0. The van der Waals surface area contributed by atoms with Crippen molar-refractivity contribution in [3.05, 3.63) is 18.0 Å². The third-order valence-corrected chi connectivity index (χ3v) is 3.32. The van der Waals surface area contributed by atoms with Crippen LogP contribution in [0.1, 0.15) is 38.4 Å². The Labute approximate surface area is 96.8 Å². The van der Waals surface area contributed by atoms with E-state index in [1.54, 1.807) is 0 Å². The van der Waals surface area contributed by atoms with Gasteiger partial charge < -0.3 is 10.5 Å². The molecule has 4 heteroatoms. The molecule has 2 N–H and O–H groups in total. The normalized spacial score (nSPS) is 27.2. The second-order valence-corrected chi connectivity index (χ2v) is 4.61. The fourth-order valence-corrected chi connectivity index (χ4v) is 2.37. The Balaban J connectivity index is 2.13. The minimum absolute atomic E-state index is 0.0495. The Bertz CT molecular complexity index is 337. The Morgan fingerprint density at radius 3 is 3.12 bits per heavy atom. The molecule has 0 saturated carbocycles. The largest absolute Gasteiger partial charge is 0.376 e. The SMILES string of the molecule is CCCn1nccc1C(N)C1OCCC1C. The first-order chi connectivity index (χ1) is 7.74. The number of ether oxygens (including phenoxy) is 1. The number of aryl methyl sites for hydroxylation is 1. The van der Waals surface area contributed by atoms with Crippen molar-refractivity contribution in [3.63, 3.8) is 0 Å². The summed E-state index contributed by atoms with van der Waals surface area (Å²) in [6.45, 7) is 6.11. The molecule has 16 heavy (non-hydrogen) atoms. The smallest absolute Gasteiger partial charge is 0.0809 e. The highest BCUT2D eigenvalue weighted by Crippen LogP contribution is 2.29. The van der Waals surface area contributed by atoms with Crippen LogP contribution in [0.4, 0.5) is 0 Å². The van der Waals surface area contributed by atoms with Crippen LogP contribution in [0, 0.1) is 5.92 Å². The standard InChI is InChI=1S/C12H21N3O/c1-3-7-15-10(4-6-14-15)11(13)12-9(2)5-8-16-12/h4,6,9,11-12H,3,5,7-8,13H2,1-2H3. The average molecular weight is 223 g/mol. The van der Waals surface area contributed by atoms with Gasteiger partial charge in [0.15, 0.2) is 0 Å². The third kappa shape index (κ3) is 2.13. The number of hydrogen-bond donors (Lipinski definition) is 1. The summed E-state index contributed by atoms with van der Waals surface area (Å²) in [6, 6.07) is 1.96. The van der Waals surface area contributed by atoms with E-state index in [2.05, 4.69) is 18.9 Å². The van der Waals surface area contributed by atoms with E-state index in [9.17, 15) is 0 Å². The van der Waals surface area contributed by atoms with Gasteiger partial charge in [-0.15, -0.1) is 0 Å². The van der Waals surface area contributed by atoms with E-state index in [1.165, 1.54) is 0 Å². The zero-order valence-electron chi connectivity index (χ0n) is 10.1. The molecule has 1 fully saturated rings. The van der Waals surface area contributed by atoms with Crippen LogP contribution in [0.2, 0.25) is 0 Å². The topological polar surface area (TPSA) is 53.1 Å². The predicted octanol–water partition coefficient (Wildman–Crippen LogP) is 1.72. The molecule has 0 radical (unpaired) electrons. The fraction of sp³-hybridized carbons (Fsp3) is 0.750. The Morgan fingerprint density at radius 1 is 1.69 bits per heavy atom. The third-order valence-electron chi connectivity index (χ3n) is 3.32. The number of hydrogen-bond acceptors (Lipinski definition) is 3. The quantitative estimate of drug-likeness (QED) is 0.845. The van der Waals surface area contributed by atoms with Gasteiger partial charge in [0.25, 0.3) is 0 Å². The van der Waals surface area contributed by atoms with E-state index in [0.29, 0.717) is 5.92 Å². The van der Waals surface area contributed by atoms with Crippen molar-refractivity contribution < 1.29 is 4.74 Å². The lowest BCUT2D eigenvalue weighted by Crippen LogP contribution is -2.31. The Hall–Kier alpha value is -0.870. The fourth-order valence-electron chi connectivity index (χ4n) is 2.37. The van der Waals surface area contributed by atoms with Gasteiger partial charge in [-0.3, -0.25) is 4.68 Å². The van der Waals surface area contributed by atoms with Crippen LogP contribution in [0.3, 0.4) is 0 Å². The molecule has 4 nitrogen and oxygen atoms in total. The first kappa shape index (κ1) is 11.6. The molecule has 2 rings (SSSR count). The molecule has 0 aliphatic carbocycles. The highest BCUT2D eigenvalue weighted by atomic mass is 16.5. The molecule has 3 unspecified atom stereocenters. The van der Waals surface area contributed by atoms with Crippen LogP contribution in [-0.4, -0.2) is 22.5 Å². The number of aromatic nitrogens is 2. The molecule has 1 aromatic heterocycles. The van der Waals surface area contributed by atoms with E-state index in [-0.39, 0.29) is 12.1 Å². The van der Waals surface area contributed by atoms with Crippen molar-refractivity contribution in [1.82, 2.24) is 9.78 Å². The summed E-state index contributed by atoms with van der Waals surface area (Å²) in [5.74, 6) is 0.542. The van der Waals surface area contributed by atoms with Crippen molar-refractivity contribution in [1.29, 1.82) is 0 Å². The minimum atomic E-state index is -0.0495. The Kier molecular flexibility index (Phi) is 3.61. The zero-order chi connectivity index (χ0) is 11.5. The van der Waals surface area contributed by atoms with Gasteiger partial charge in [-0.1, -0.05) is 13.8 Å². The molecule has 90 valence electrons. The lowest BCUT2D eigenvalue weighted by Gasteiger charge is -2.23. The van der Waals surface area contributed by atoms with Gasteiger partial charge in [0, 0.05) is 19.3 Å². The van der Waals surface area contributed by atoms with Crippen LogP contribution in [0.5, 0.6) is 0 Å². The molecule has 0 amide bonds. The van der Waals surface area contributed by atoms with Crippen LogP contribution >= 0.6 is 0 Å². The van der Waals surface area contributed by atoms with Gasteiger partial charge >= 0.3 is 0 Å². The van der Waals surface area contributed by atoms with E-state index in [4.69, 9.17) is 10.5 Å². The first-order valence-electron chi connectivity index (χ1n) is 6.13. The number of nitrogens with two attached hydrogens (primary N) is 1. The summed E-state index contributed by atoms with van der Waals surface area (Å²) in [5, 5.41) is 4.30. The van der Waals surface area contributed by atoms with Crippen LogP contribution in [0.25, 0.3) is 0 Å². The molecule has 1 saturated heterocycles. The summed E-state index contributed by atoms with van der Waals surface area (Å²) in [5.41, 5.74) is 7.38. The predicted molar refractivity (Wildman–Crippen MR) is 63.0 cm³/mol. The van der Waals surface area contributed by atoms with Crippen molar-refractivity contribution in [2.75, 3.05) is 6.61 Å². The van der Waals surface area contributed by atoms with Crippen LogP contribution in [-0.2, 0) is 11.3 Å². The highest BCUT2D eigenvalue weighted by Gasteiger charge is 2.32. The molecule has 1 aromatic rings. The van der Waals surface area contributed by atoms with Crippen LogP contribution < -0.4 is 5.73 Å². The molecule has 0 aromatic carbocycles. The van der Waals surface area contributed by atoms with Crippen LogP contribution in [0.15, 0.2) is 12.3 Å². The molecular formula is C12H21N3O. The number of rotatable bonds is 4. The lowest BCUT2D eigenvalue weighted by molar-refractivity contribution is 0.0700. The molecular weight excluding hydrogens is 202 g/mol. The van der Waals surface area contributed by atoms with E-state index in [0.717, 1.165) is 31.7 Å². The molecule has 3 atom stereocenters. The van der Waals surface area contributed by atoms with Crippen molar-refractivity contribution in [2.24, 2.45) is 11.7 Å². The Morgan fingerprint density at radius 2 is 2.50 bits per heavy atom. The average Bonchev–Trinajstić information content (AvgIpc) is 2.87. The van der Waals surface area contributed by atoms with Gasteiger partial charge in [-0.2, -0.15) is 5.10 Å². The van der Waals surface area contributed by atoms with Crippen molar-refractivity contribution >= 4 is 0 Å². The minimum Gasteiger partial charge on any atom is -0.376 e. The molecule has 1 aliphatic rings. The van der Waals surface area contributed by atoms with E-state index >= 15 is 0 Å². The van der Waals surface area contributed by atoms with Crippen molar-refractivity contribution in [2.45, 2.75) is 45.4 Å². The first-order valence-corrected chi connectivity index (χ1v) is 6.13. The molecule has 0 spiro atoms. The van der Waals surface area contributed by atoms with Gasteiger partial charge in [0.05, 0.1) is 17.8 Å². The maximum absolute atomic E-state index is 6.28. The molecule has 1 aliphatic heterocycles. The maximum atomic E-state index is 6.28. The summed E-state index contributed by atoms with van der Waals surface area (Å²) in [7, 11) is 0. The van der Waals surface area contributed by atoms with Gasteiger partial charge in [0.1, 0.15) is 0 Å². The maximum Gasteiger partial charge on any atom is 0.0809 e. The summed E-state index contributed by atoms with van der Waals surface area (Å²) >= 11 is 0. The van der Waals surface area contributed by atoms with Crippen molar-refractivity contribution in [3.8, 4) is 0 Å². The lowest BCUT2D eigenvalue weighted by atomic mass is 9.96. The molecule has 2 heterocycles. The number of nitrogens with zero attached hydrogens (tertiary/aromatic N) is 2. The van der Waals surface area contributed by atoms with Gasteiger partial charge in [-0.25, -0.2) is 0 Å². The zero-order valence-corrected chi connectivity index (χ0v) is 10.1. The summed E-state index contributed by atoms with van der Waals surface area (Å²) < 4.78 is 7.72. The van der Waals surface area contributed by atoms with Gasteiger partial charge in [-0.05, 0) is 24.8 Å². The summed E-state index contributed by atoms with van der Waals surface area (Å²) in [6.07, 6.45) is 4.15. The van der Waals surface area contributed by atoms with E-state index < -0.39 is 0 Å². The monoisotopic (exact) mass is 223 g/mol. The molecule has 0 bridgehead atoms.